The molecule has 1 aromatic carbocycles. The van der Waals surface area contributed by atoms with E-state index in [0.29, 0.717) is 28.8 Å². The molecule has 11 nitrogen and oxygen atoms in total. The zero-order chi connectivity index (χ0) is 30.7. The fraction of sp³-hybridized carbons (Fsp3) is 0.379. The van der Waals surface area contributed by atoms with E-state index in [1.165, 1.54) is 6.33 Å². The Hall–Kier alpha value is -4.75. The second-order valence-corrected chi connectivity index (χ2v) is 11.8. The molecule has 1 aliphatic carbocycles. The van der Waals surface area contributed by atoms with Crippen molar-refractivity contribution < 1.29 is 27.5 Å². The number of nitrogens with one attached hydrogen (secondary N) is 1. The minimum Gasteiger partial charge on any atom is -0.444 e. The van der Waals surface area contributed by atoms with Crippen molar-refractivity contribution in [3.05, 3.63) is 60.2 Å². The molecule has 3 unspecified atom stereocenters. The average molecular weight is 595 g/mol. The number of pyridine rings is 1. The van der Waals surface area contributed by atoms with E-state index in [9.17, 15) is 22.8 Å². The van der Waals surface area contributed by atoms with Gasteiger partial charge in [-0.05, 0) is 63.8 Å². The smallest absolute Gasteiger partial charge is 0.433 e. The van der Waals surface area contributed by atoms with Crippen molar-refractivity contribution in [1.82, 2.24) is 29.6 Å². The summed E-state index contributed by atoms with van der Waals surface area (Å²) in [6.45, 7) is 6.11. The van der Waals surface area contributed by atoms with Gasteiger partial charge >= 0.3 is 12.3 Å². The first-order valence-corrected chi connectivity index (χ1v) is 13.7. The van der Waals surface area contributed by atoms with Gasteiger partial charge in [0.15, 0.2) is 5.65 Å². The van der Waals surface area contributed by atoms with Crippen molar-refractivity contribution in [3.8, 4) is 11.3 Å². The normalized spacial score (nSPS) is 20.0. The molecule has 2 aliphatic rings. The number of aromatic nitrogens is 5. The number of halogens is 3. The van der Waals surface area contributed by atoms with Crippen molar-refractivity contribution in [1.29, 1.82) is 0 Å². The molecule has 1 aliphatic heterocycles. The van der Waals surface area contributed by atoms with Crippen molar-refractivity contribution in [3.63, 3.8) is 0 Å². The number of benzene rings is 1. The summed E-state index contributed by atoms with van der Waals surface area (Å²) in [6.07, 6.45) is -1.02. The molecule has 2 bridgehead atoms. The highest BCUT2D eigenvalue weighted by Gasteiger charge is 2.50. The Bertz CT molecular complexity index is 1710. The van der Waals surface area contributed by atoms with Crippen LogP contribution in [0.3, 0.4) is 0 Å². The number of nitrogens with two attached hydrogens (primary N) is 1. The van der Waals surface area contributed by atoms with Gasteiger partial charge in [0.2, 0.25) is 0 Å². The molecular weight excluding hydrogens is 565 g/mol. The van der Waals surface area contributed by atoms with Crippen LogP contribution < -0.4 is 11.1 Å². The lowest BCUT2D eigenvalue weighted by Gasteiger charge is -2.34. The van der Waals surface area contributed by atoms with Crippen LogP contribution in [0, 0.1) is 5.92 Å². The van der Waals surface area contributed by atoms with Gasteiger partial charge in [-0.3, -0.25) is 4.79 Å². The molecule has 14 heteroatoms. The molecule has 3 aromatic heterocycles. The summed E-state index contributed by atoms with van der Waals surface area (Å²) in [5, 5.41) is 8.00. The Morgan fingerprint density at radius 2 is 1.81 bits per heavy atom. The van der Waals surface area contributed by atoms with Crippen molar-refractivity contribution in [2.75, 3.05) is 17.6 Å². The van der Waals surface area contributed by atoms with Gasteiger partial charge in [0.05, 0.1) is 29.4 Å². The molecule has 1 saturated heterocycles. The molecule has 0 spiro atoms. The van der Waals surface area contributed by atoms with Crippen LogP contribution in [0.2, 0.25) is 0 Å². The first kappa shape index (κ1) is 28.4. The molecule has 3 atom stereocenters. The van der Waals surface area contributed by atoms with E-state index in [-0.39, 0.29) is 41.2 Å². The summed E-state index contributed by atoms with van der Waals surface area (Å²) < 4.78 is 46.0. The van der Waals surface area contributed by atoms with E-state index < -0.39 is 23.4 Å². The number of alkyl halides is 3. The molecule has 4 heterocycles. The number of anilines is 2. The summed E-state index contributed by atoms with van der Waals surface area (Å²) in [5.41, 5.74) is 6.53. The average Bonchev–Trinajstić information content (AvgIpc) is 3.65. The van der Waals surface area contributed by atoms with Gasteiger partial charge in [0, 0.05) is 17.7 Å². The monoisotopic (exact) mass is 594 g/mol. The maximum absolute atomic E-state index is 13.0. The SMILES string of the molecule is CC(C)(C)OC(=O)N1CC2CC1C(n1nc(-c3cccc(C(=O)Nc4ccc(C(F)(F)F)nc4)c3)c3c(N)ncnc31)C2. The molecule has 43 heavy (non-hydrogen) atoms. The fourth-order valence-corrected chi connectivity index (χ4v) is 5.86. The van der Waals surface area contributed by atoms with Crippen LogP contribution in [0.5, 0.6) is 0 Å². The van der Waals surface area contributed by atoms with Crippen LogP contribution in [0.15, 0.2) is 48.9 Å². The molecule has 1 saturated carbocycles. The van der Waals surface area contributed by atoms with Crippen LogP contribution in [0.4, 0.5) is 29.5 Å². The minimum atomic E-state index is -4.58. The highest BCUT2D eigenvalue weighted by molar-refractivity contribution is 6.06. The maximum atomic E-state index is 13.0. The number of nitrogens with zero attached hydrogens (tertiary/aromatic N) is 6. The van der Waals surface area contributed by atoms with Gasteiger partial charge in [-0.2, -0.15) is 18.3 Å². The fourth-order valence-electron chi connectivity index (χ4n) is 5.86. The van der Waals surface area contributed by atoms with Crippen LogP contribution in [0.25, 0.3) is 22.3 Å². The predicted octanol–water partition coefficient (Wildman–Crippen LogP) is 5.31. The predicted molar refractivity (Wildman–Crippen MR) is 151 cm³/mol. The Morgan fingerprint density at radius 1 is 1.05 bits per heavy atom. The first-order valence-electron chi connectivity index (χ1n) is 13.7. The number of hydrogen-bond donors (Lipinski definition) is 2. The number of hydrogen-bond acceptors (Lipinski definition) is 8. The van der Waals surface area contributed by atoms with E-state index in [1.807, 2.05) is 20.8 Å². The Labute approximate surface area is 244 Å². The lowest BCUT2D eigenvalue weighted by atomic mass is 10.1. The number of fused-ring (bicyclic) bond motifs is 3. The van der Waals surface area contributed by atoms with Crippen LogP contribution >= 0.6 is 0 Å². The second-order valence-electron chi connectivity index (χ2n) is 11.8. The van der Waals surface area contributed by atoms with Crippen LogP contribution in [-0.4, -0.2) is 59.8 Å². The zero-order valence-electron chi connectivity index (χ0n) is 23.6. The number of amides is 2. The van der Waals surface area contributed by atoms with E-state index in [4.69, 9.17) is 15.6 Å². The van der Waals surface area contributed by atoms with E-state index >= 15 is 0 Å². The summed E-state index contributed by atoms with van der Waals surface area (Å²) >= 11 is 0. The van der Waals surface area contributed by atoms with E-state index in [0.717, 1.165) is 31.2 Å². The van der Waals surface area contributed by atoms with E-state index in [1.54, 1.807) is 33.8 Å². The molecule has 2 amide bonds. The molecule has 6 rings (SSSR count). The van der Waals surface area contributed by atoms with Gasteiger partial charge in [-0.25, -0.2) is 24.4 Å². The maximum Gasteiger partial charge on any atom is 0.433 e. The van der Waals surface area contributed by atoms with Crippen molar-refractivity contribution >= 4 is 34.5 Å². The van der Waals surface area contributed by atoms with Crippen LogP contribution in [-0.2, 0) is 10.9 Å². The third-order valence-corrected chi connectivity index (χ3v) is 7.62. The Balaban J connectivity index is 1.31. The first-order chi connectivity index (χ1) is 20.3. The third kappa shape index (κ3) is 5.44. The number of likely N-dealkylation sites (tertiary alicyclic amines) is 1. The summed E-state index contributed by atoms with van der Waals surface area (Å²) in [7, 11) is 0. The van der Waals surface area contributed by atoms with Gasteiger partial charge in [-0.15, -0.1) is 0 Å². The van der Waals surface area contributed by atoms with Gasteiger partial charge in [0.25, 0.3) is 5.91 Å². The van der Waals surface area contributed by atoms with Gasteiger partial charge < -0.3 is 20.7 Å². The van der Waals surface area contributed by atoms with Crippen molar-refractivity contribution in [2.24, 2.45) is 5.92 Å². The number of carbonyl (C=O) groups is 2. The van der Waals surface area contributed by atoms with E-state index in [2.05, 4.69) is 20.3 Å². The Morgan fingerprint density at radius 3 is 2.49 bits per heavy atom. The summed E-state index contributed by atoms with van der Waals surface area (Å²) in [4.78, 5) is 39.8. The number of rotatable bonds is 4. The third-order valence-electron chi connectivity index (χ3n) is 7.62. The highest BCUT2D eigenvalue weighted by Crippen LogP contribution is 2.46. The summed E-state index contributed by atoms with van der Waals surface area (Å²) in [6, 6.07) is 8.25. The molecule has 224 valence electrons. The topological polar surface area (TPSA) is 141 Å². The zero-order valence-corrected chi connectivity index (χ0v) is 23.6. The largest absolute Gasteiger partial charge is 0.444 e. The quantitative estimate of drug-likeness (QED) is 0.324. The number of piperidine rings is 1. The molecule has 4 aromatic rings. The summed E-state index contributed by atoms with van der Waals surface area (Å²) in [5.74, 6) is -0.0438. The minimum absolute atomic E-state index is 0.113. The lowest BCUT2D eigenvalue weighted by Crippen LogP contribution is -2.45. The highest BCUT2D eigenvalue weighted by atomic mass is 19.4. The lowest BCUT2D eigenvalue weighted by molar-refractivity contribution is -0.141. The number of carbonyl (C=O) groups excluding carboxylic acids is 2. The number of nitrogen functional groups attached to an aromatic ring is 1. The molecular formula is C29H29F3N8O3. The van der Waals surface area contributed by atoms with Gasteiger partial charge in [0.1, 0.15) is 29.1 Å². The standard InChI is InChI=1S/C29H29F3N8O3/c1-28(2,3)43-27(42)39-13-15-9-19(39)20(10-15)40-25-22(24(33)35-14-36-25)23(38-40)16-5-4-6-17(11-16)26(41)37-18-7-8-21(34-12-18)29(30,31)32/h4-8,11-12,14-15,19-20H,9-10,13H2,1-3H3,(H,37,41)(H2,33,35,36). The van der Waals surface area contributed by atoms with Gasteiger partial charge in [-0.1, -0.05) is 12.1 Å². The van der Waals surface area contributed by atoms with Crippen molar-refractivity contribution in [2.45, 2.75) is 57.5 Å². The number of ether oxygens (including phenoxy) is 1. The Kier molecular flexibility index (Phi) is 6.74. The molecule has 2 fully saturated rings. The van der Waals surface area contributed by atoms with Crippen LogP contribution in [0.1, 0.15) is 55.7 Å². The molecule has 3 N–H and O–H groups in total. The molecule has 0 radical (unpaired) electrons. The second kappa shape index (κ2) is 10.2.